The minimum absolute atomic E-state index is 0.214. The van der Waals surface area contributed by atoms with Crippen LogP contribution in [-0.2, 0) is 0 Å². The summed E-state index contributed by atoms with van der Waals surface area (Å²) in [6.45, 7) is 13.2. The van der Waals surface area contributed by atoms with Gasteiger partial charge >= 0.3 is 0 Å². The fourth-order valence-electron chi connectivity index (χ4n) is 3.36. The Morgan fingerprint density at radius 1 is 1.10 bits per heavy atom. The normalized spacial score (nSPS) is 13.5. The Bertz CT molecular complexity index is 411. The van der Waals surface area contributed by atoms with Crippen molar-refractivity contribution in [1.82, 2.24) is 4.90 Å². The fourth-order valence-corrected chi connectivity index (χ4v) is 3.36. The van der Waals surface area contributed by atoms with E-state index in [0.29, 0.717) is 6.61 Å². The first kappa shape index (κ1) is 18.0. The molecule has 0 aliphatic rings. The van der Waals surface area contributed by atoms with Gasteiger partial charge < -0.3 is 9.84 Å². The molecular weight excluding hydrogens is 262 g/mol. The van der Waals surface area contributed by atoms with Crippen LogP contribution in [0.2, 0.25) is 0 Å². The molecule has 0 heterocycles. The second-order valence-electron chi connectivity index (χ2n) is 5.39. The van der Waals surface area contributed by atoms with Crippen molar-refractivity contribution in [2.45, 2.75) is 59.1 Å². The lowest BCUT2D eigenvalue weighted by atomic mass is 9.81. The Morgan fingerprint density at radius 3 is 2.19 bits per heavy atom. The molecule has 1 N–H and O–H groups in total. The highest BCUT2D eigenvalue weighted by Crippen LogP contribution is 2.38. The van der Waals surface area contributed by atoms with Crippen molar-refractivity contribution in [3.8, 4) is 5.75 Å². The van der Waals surface area contributed by atoms with E-state index in [1.54, 1.807) is 0 Å². The molecular formula is C18H31NO2. The average Bonchev–Trinajstić information content (AvgIpc) is 2.52. The Morgan fingerprint density at radius 2 is 1.71 bits per heavy atom. The van der Waals surface area contributed by atoms with Crippen LogP contribution in [0.15, 0.2) is 24.3 Å². The number of hydrogen-bond donors (Lipinski definition) is 1. The predicted molar refractivity (Wildman–Crippen MR) is 88.8 cm³/mol. The number of ether oxygens (including phenoxy) is 1. The molecule has 1 unspecified atom stereocenters. The highest BCUT2D eigenvalue weighted by molar-refractivity contribution is 5.31. The van der Waals surface area contributed by atoms with E-state index in [4.69, 9.17) is 4.74 Å². The maximum absolute atomic E-state index is 11.1. The molecule has 0 saturated heterocycles. The van der Waals surface area contributed by atoms with Crippen LogP contribution in [0.4, 0.5) is 0 Å². The molecule has 1 rings (SSSR count). The van der Waals surface area contributed by atoms with E-state index in [1.807, 2.05) is 31.2 Å². The van der Waals surface area contributed by atoms with Crippen molar-refractivity contribution in [3.63, 3.8) is 0 Å². The van der Waals surface area contributed by atoms with Gasteiger partial charge in [0.1, 0.15) is 5.75 Å². The van der Waals surface area contributed by atoms with Gasteiger partial charge in [0.2, 0.25) is 0 Å². The summed E-state index contributed by atoms with van der Waals surface area (Å²) in [5.41, 5.74) is 0.727. The zero-order valence-electron chi connectivity index (χ0n) is 14.2. The van der Waals surface area contributed by atoms with Crippen molar-refractivity contribution >= 4 is 0 Å². The Hall–Kier alpha value is -1.06. The smallest absolute Gasteiger partial charge is 0.119 e. The molecule has 1 aromatic carbocycles. The van der Waals surface area contributed by atoms with Crippen LogP contribution in [0.3, 0.4) is 0 Å². The maximum atomic E-state index is 11.1. The second kappa shape index (κ2) is 8.40. The number of benzene rings is 1. The van der Waals surface area contributed by atoms with Crippen LogP contribution in [0.25, 0.3) is 0 Å². The molecule has 0 bridgehead atoms. The molecule has 0 fully saturated rings. The summed E-state index contributed by atoms with van der Waals surface area (Å²) in [5.74, 6) is 0.828. The number of likely N-dealkylation sites (N-methyl/N-ethyl adjacent to an activating group) is 1. The topological polar surface area (TPSA) is 32.7 Å². The molecule has 21 heavy (non-hydrogen) atoms. The van der Waals surface area contributed by atoms with Gasteiger partial charge in [-0.2, -0.15) is 0 Å². The molecule has 0 aliphatic carbocycles. The number of aliphatic hydroxyl groups is 1. The summed E-state index contributed by atoms with van der Waals surface area (Å²) in [5, 5.41) is 11.1. The van der Waals surface area contributed by atoms with Crippen molar-refractivity contribution in [2.24, 2.45) is 0 Å². The van der Waals surface area contributed by atoms with Gasteiger partial charge in [0.05, 0.1) is 18.2 Å². The van der Waals surface area contributed by atoms with E-state index in [-0.39, 0.29) is 5.54 Å². The molecule has 120 valence electrons. The zero-order chi connectivity index (χ0) is 15.9. The van der Waals surface area contributed by atoms with Crippen LogP contribution in [0.5, 0.6) is 5.75 Å². The molecule has 3 nitrogen and oxygen atoms in total. The second-order valence-corrected chi connectivity index (χ2v) is 5.39. The van der Waals surface area contributed by atoms with Crippen LogP contribution in [0, 0.1) is 0 Å². The lowest BCUT2D eigenvalue weighted by Gasteiger charge is -2.46. The molecule has 0 spiro atoms. The largest absolute Gasteiger partial charge is 0.494 e. The molecule has 3 heteroatoms. The first-order valence-electron chi connectivity index (χ1n) is 8.25. The van der Waals surface area contributed by atoms with Crippen LogP contribution in [0.1, 0.15) is 59.1 Å². The third-order valence-electron chi connectivity index (χ3n) is 4.61. The summed E-state index contributed by atoms with van der Waals surface area (Å²) >= 11 is 0. The summed E-state index contributed by atoms with van der Waals surface area (Å²) in [6, 6.07) is 7.87. The van der Waals surface area contributed by atoms with Crippen molar-refractivity contribution in [2.75, 3.05) is 19.7 Å². The number of hydrogen-bond acceptors (Lipinski definition) is 3. The molecule has 1 atom stereocenters. The van der Waals surface area contributed by atoms with Gasteiger partial charge in [-0.3, -0.25) is 4.90 Å². The summed E-state index contributed by atoms with van der Waals surface area (Å²) in [4.78, 5) is 2.38. The number of aliphatic hydroxyl groups excluding tert-OH is 1. The highest BCUT2D eigenvalue weighted by Gasteiger charge is 2.39. The zero-order valence-corrected chi connectivity index (χ0v) is 14.2. The lowest BCUT2D eigenvalue weighted by Crippen LogP contribution is -2.52. The van der Waals surface area contributed by atoms with Crippen molar-refractivity contribution < 1.29 is 9.84 Å². The summed E-state index contributed by atoms with van der Waals surface area (Å²) < 4.78 is 5.57. The van der Waals surface area contributed by atoms with E-state index in [1.165, 1.54) is 0 Å². The molecule has 0 saturated carbocycles. The summed E-state index contributed by atoms with van der Waals surface area (Å²) in [7, 11) is 0. The van der Waals surface area contributed by atoms with E-state index < -0.39 is 6.10 Å². The van der Waals surface area contributed by atoms with Gasteiger partial charge in [0.15, 0.2) is 0 Å². The number of nitrogens with zero attached hydrogens (tertiary/aromatic N) is 1. The third-order valence-corrected chi connectivity index (χ3v) is 4.61. The van der Waals surface area contributed by atoms with Gasteiger partial charge in [0, 0.05) is 0 Å². The minimum Gasteiger partial charge on any atom is -0.494 e. The highest BCUT2D eigenvalue weighted by atomic mass is 16.5. The van der Waals surface area contributed by atoms with Gasteiger partial charge in [-0.1, -0.05) is 39.8 Å². The van der Waals surface area contributed by atoms with Gasteiger partial charge in [-0.05, 0) is 50.6 Å². The molecule has 0 amide bonds. The van der Waals surface area contributed by atoms with Crippen LogP contribution in [-0.4, -0.2) is 35.2 Å². The number of rotatable bonds is 9. The van der Waals surface area contributed by atoms with Crippen LogP contribution >= 0.6 is 0 Å². The molecule has 0 radical (unpaired) electrons. The van der Waals surface area contributed by atoms with E-state index in [9.17, 15) is 5.11 Å². The fraction of sp³-hybridized carbons (Fsp3) is 0.667. The Balaban J connectivity index is 3.16. The predicted octanol–water partition coefficient (Wildman–Crippen LogP) is 4.02. The molecule has 0 aliphatic heterocycles. The monoisotopic (exact) mass is 293 g/mol. The first-order chi connectivity index (χ1) is 10.1. The Labute approximate surface area is 129 Å². The summed E-state index contributed by atoms with van der Waals surface area (Å²) in [6.07, 6.45) is 1.34. The SMILES string of the molecule is CCOc1cccc(C(O)C(CC)(CC)N(CC)CC)c1. The van der Waals surface area contributed by atoms with E-state index in [0.717, 1.165) is 37.2 Å². The standard InChI is InChI=1S/C18H31NO2/c1-6-18(7-2,19(8-3)9-4)17(20)15-12-11-13-16(14-15)21-10-5/h11-14,17,20H,6-10H2,1-5H3. The Kier molecular flexibility index (Phi) is 7.20. The first-order valence-corrected chi connectivity index (χ1v) is 8.25. The molecule has 0 aromatic heterocycles. The average molecular weight is 293 g/mol. The molecule has 1 aromatic rings. The maximum Gasteiger partial charge on any atom is 0.119 e. The van der Waals surface area contributed by atoms with Crippen LogP contribution < -0.4 is 4.74 Å². The third kappa shape index (κ3) is 3.78. The minimum atomic E-state index is -0.507. The van der Waals surface area contributed by atoms with Gasteiger partial charge in [-0.25, -0.2) is 0 Å². The van der Waals surface area contributed by atoms with Gasteiger partial charge in [-0.15, -0.1) is 0 Å². The van der Waals surface area contributed by atoms with E-state index >= 15 is 0 Å². The van der Waals surface area contributed by atoms with E-state index in [2.05, 4.69) is 32.6 Å². The van der Waals surface area contributed by atoms with Gasteiger partial charge in [0.25, 0.3) is 0 Å². The van der Waals surface area contributed by atoms with Crippen molar-refractivity contribution in [1.29, 1.82) is 0 Å². The quantitative estimate of drug-likeness (QED) is 0.746. The van der Waals surface area contributed by atoms with Crippen molar-refractivity contribution in [3.05, 3.63) is 29.8 Å². The lowest BCUT2D eigenvalue weighted by molar-refractivity contribution is -0.0367.